The molecule has 1 aromatic carbocycles. The minimum Gasteiger partial charge on any atom is -0.351 e. The molecule has 2 N–H and O–H groups in total. The first kappa shape index (κ1) is 16.1. The van der Waals surface area contributed by atoms with E-state index in [1.807, 2.05) is 0 Å². The van der Waals surface area contributed by atoms with Crippen molar-refractivity contribution < 1.29 is 13.2 Å². The summed E-state index contributed by atoms with van der Waals surface area (Å²) in [6.07, 6.45) is -2.79. The van der Waals surface area contributed by atoms with Gasteiger partial charge in [-0.25, -0.2) is 4.98 Å². The van der Waals surface area contributed by atoms with Gasteiger partial charge in [-0.3, -0.25) is 0 Å². The molecule has 0 spiro atoms. The zero-order valence-electron chi connectivity index (χ0n) is 11.6. The summed E-state index contributed by atoms with van der Waals surface area (Å²) in [6, 6.07) is 5.76. The van der Waals surface area contributed by atoms with Crippen LogP contribution in [-0.2, 0) is 6.18 Å². The van der Waals surface area contributed by atoms with Crippen LogP contribution in [0.25, 0.3) is 0 Å². The van der Waals surface area contributed by atoms with Crippen molar-refractivity contribution in [2.24, 2.45) is 0 Å². The van der Waals surface area contributed by atoms with E-state index in [4.69, 9.17) is 23.2 Å². The van der Waals surface area contributed by atoms with Gasteiger partial charge in [0, 0.05) is 12.1 Å². The zero-order valence-corrected chi connectivity index (χ0v) is 13.1. The molecule has 2 aromatic rings. The quantitative estimate of drug-likeness (QED) is 0.792. The summed E-state index contributed by atoms with van der Waals surface area (Å²) in [4.78, 5) is 7.58. The molecule has 9 heteroatoms. The highest BCUT2D eigenvalue weighted by molar-refractivity contribution is 6.43. The molecule has 4 nitrogen and oxygen atoms in total. The molecule has 0 amide bonds. The molecule has 1 saturated carbocycles. The van der Waals surface area contributed by atoms with E-state index in [1.165, 1.54) is 0 Å². The van der Waals surface area contributed by atoms with Crippen LogP contribution in [0.5, 0.6) is 0 Å². The Balaban J connectivity index is 1.95. The van der Waals surface area contributed by atoms with E-state index in [9.17, 15) is 13.2 Å². The molecule has 1 aliphatic carbocycles. The molecule has 0 bridgehead atoms. The second-order valence-electron chi connectivity index (χ2n) is 5.10. The number of alkyl halides is 3. The number of nitrogens with one attached hydrogen (secondary N) is 2. The molecule has 23 heavy (non-hydrogen) atoms. The Morgan fingerprint density at radius 3 is 2.52 bits per heavy atom. The van der Waals surface area contributed by atoms with E-state index >= 15 is 0 Å². The van der Waals surface area contributed by atoms with E-state index in [0.717, 1.165) is 18.9 Å². The monoisotopic (exact) mass is 362 g/mol. The van der Waals surface area contributed by atoms with Crippen molar-refractivity contribution in [1.82, 2.24) is 9.97 Å². The molecular weight excluding hydrogens is 352 g/mol. The summed E-state index contributed by atoms with van der Waals surface area (Å²) in [5.41, 5.74) is -0.667. The number of nitrogens with zero attached hydrogens (tertiary/aromatic N) is 2. The Labute approximate surface area is 140 Å². The smallest absolute Gasteiger partial charge is 0.351 e. The first-order valence-corrected chi connectivity index (χ1v) is 7.52. The zero-order chi connectivity index (χ0) is 16.6. The minimum absolute atomic E-state index is 0.0142. The van der Waals surface area contributed by atoms with E-state index in [2.05, 4.69) is 20.6 Å². The van der Waals surface area contributed by atoms with Crippen LogP contribution in [0.15, 0.2) is 24.3 Å². The summed E-state index contributed by atoms with van der Waals surface area (Å²) in [7, 11) is 0. The molecule has 1 fully saturated rings. The third kappa shape index (κ3) is 3.97. The number of benzene rings is 1. The lowest BCUT2D eigenvalue weighted by atomic mass is 10.3. The standard InChI is InChI=1S/C14H11Cl2F3N4/c15-8-2-1-3-9(12(8)16)21-11-6-10(14(17,18)19)22-13(23-11)20-7-4-5-7/h1-3,6-7H,4-5H2,(H2,20,21,22,23). The van der Waals surface area contributed by atoms with Crippen molar-refractivity contribution in [3.05, 3.63) is 40.0 Å². The predicted octanol–water partition coefficient (Wildman–Crippen LogP) is 5.12. The highest BCUT2D eigenvalue weighted by Crippen LogP contribution is 2.34. The van der Waals surface area contributed by atoms with Gasteiger partial charge in [0.15, 0.2) is 5.69 Å². The molecule has 0 radical (unpaired) electrons. The van der Waals surface area contributed by atoms with Crippen LogP contribution in [0.3, 0.4) is 0 Å². The lowest BCUT2D eigenvalue weighted by Crippen LogP contribution is -2.14. The van der Waals surface area contributed by atoms with Crippen molar-refractivity contribution in [1.29, 1.82) is 0 Å². The fourth-order valence-electron chi connectivity index (χ4n) is 1.87. The maximum atomic E-state index is 13.0. The van der Waals surface area contributed by atoms with Gasteiger partial charge in [0.2, 0.25) is 5.95 Å². The van der Waals surface area contributed by atoms with Gasteiger partial charge in [-0.05, 0) is 25.0 Å². The summed E-state index contributed by atoms with van der Waals surface area (Å²) in [5, 5.41) is 6.11. The molecule has 0 atom stereocenters. The first-order valence-electron chi connectivity index (χ1n) is 6.77. The number of aromatic nitrogens is 2. The van der Waals surface area contributed by atoms with Crippen LogP contribution >= 0.6 is 23.2 Å². The van der Waals surface area contributed by atoms with E-state index in [1.54, 1.807) is 18.2 Å². The Kier molecular flexibility index (Phi) is 4.25. The van der Waals surface area contributed by atoms with Crippen LogP contribution in [0.4, 0.5) is 30.6 Å². The van der Waals surface area contributed by atoms with E-state index in [-0.39, 0.29) is 27.9 Å². The second kappa shape index (κ2) is 6.05. The van der Waals surface area contributed by atoms with E-state index in [0.29, 0.717) is 5.69 Å². The fraction of sp³-hybridized carbons (Fsp3) is 0.286. The van der Waals surface area contributed by atoms with Crippen LogP contribution in [-0.4, -0.2) is 16.0 Å². The second-order valence-corrected chi connectivity index (χ2v) is 5.89. The Bertz CT molecular complexity index is 732. The minimum atomic E-state index is -4.57. The molecule has 3 rings (SSSR count). The molecule has 1 heterocycles. The first-order chi connectivity index (χ1) is 10.8. The van der Waals surface area contributed by atoms with Crippen molar-refractivity contribution in [3.8, 4) is 0 Å². The Hall–Kier alpha value is -1.73. The van der Waals surface area contributed by atoms with Gasteiger partial charge in [-0.2, -0.15) is 18.2 Å². The van der Waals surface area contributed by atoms with Crippen molar-refractivity contribution >= 4 is 40.7 Å². The highest BCUT2D eigenvalue weighted by atomic mass is 35.5. The molecule has 1 aromatic heterocycles. The molecule has 122 valence electrons. The number of anilines is 3. The van der Waals surface area contributed by atoms with Crippen molar-refractivity contribution in [2.45, 2.75) is 25.1 Å². The average molecular weight is 363 g/mol. The van der Waals surface area contributed by atoms with Crippen LogP contribution < -0.4 is 10.6 Å². The van der Waals surface area contributed by atoms with Crippen molar-refractivity contribution in [2.75, 3.05) is 10.6 Å². The predicted molar refractivity (Wildman–Crippen MR) is 83.4 cm³/mol. The van der Waals surface area contributed by atoms with Gasteiger partial charge in [0.1, 0.15) is 5.82 Å². The maximum absolute atomic E-state index is 13.0. The number of hydrogen-bond acceptors (Lipinski definition) is 4. The van der Waals surface area contributed by atoms with Crippen LogP contribution in [0.2, 0.25) is 10.0 Å². The summed E-state index contributed by atoms with van der Waals surface area (Å²) in [6.45, 7) is 0. The normalized spacial score (nSPS) is 14.7. The lowest BCUT2D eigenvalue weighted by Gasteiger charge is -2.13. The lowest BCUT2D eigenvalue weighted by molar-refractivity contribution is -0.141. The molecule has 0 aliphatic heterocycles. The summed E-state index contributed by atoms with van der Waals surface area (Å²) < 4.78 is 39.0. The van der Waals surface area contributed by atoms with Crippen LogP contribution in [0, 0.1) is 0 Å². The summed E-state index contributed by atoms with van der Waals surface area (Å²) in [5.74, 6) is -0.0809. The van der Waals surface area contributed by atoms with E-state index < -0.39 is 11.9 Å². The molecular formula is C14H11Cl2F3N4. The van der Waals surface area contributed by atoms with Gasteiger partial charge in [0.25, 0.3) is 0 Å². The van der Waals surface area contributed by atoms with Gasteiger partial charge in [0.05, 0.1) is 15.7 Å². The average Bonchev–Trinajstić information content (AvgIpc) is 3.27. The molecule has 1 aliphatic rings. The van der Waals surface area contributed by atoms with Gasteiger partial charge in [-0.1, -0.05) is 29.3 Å². The van der Waals surface area contributed by atoms with Gasteiger partial charge in [-0.15, -0.1) is 0 Å². The Morgan fingerprint density at radius 1 is 1.13 bits per heavy atom. The summed E-state index contributed by atoms with van der Waals surface area (Å²) >= 11 is 11.9. The number of rotatable bonds is 4. The van der Waals surface area contributed by atoms with Crippen molar-refractivity contribution in [3.63, 3.8) is 0 Å². The fourth-order valence-corrected chi connectivity index (χ4v) is 2.22. The molecule has 0 unspecified atom stereocenters. The highest BCUT2D eigenvalue weighted by Gasteiger charge is 2.34. The third-order valence-corrected chi connectivity index (χ3v) is 3.96. The third-order valence-electron chi connectivity index (χ3n) is 3.14. The maximum Gasteiger partial charge on any atom is 0.433 e. The largest absolute Gasteiger partial charge is 0.433 e. The van der Waals surface area contributed by atoms with Crippen LogP contribution in [0.1, 0.15) is 18.5 Å². The number of hydrogen-bond donors (Lipinski definition) is 2. The molecule has 0 saturated heterocycles. The van der Waals surface area contributed by atoms with Gasteiger partial charge >= 0.3 is 6.18 Å². The Morgan fingerprint density at radius 2 is 1.87 bits per heavy atom. The number of halogens is 5. The van der Waals surface area contributed by atoms with Gasteiger partial charge < -0.3 is 10.6 Å². The SMILES string of the molecule is FC(F)(F)c1cc(Nc2cccc(Cl)c2Cl)nc(NC2CC2)n1. The topological polar surface area (TPSA) is 49.8 Å².